The summed E-state index contributed by atoms with van der Waals surface area (Å²) in [5, 5.41) is 5.20. The lowest BCUT2D eigenvalue weighted by molar-refractivity contribution is -0.119. The summed E-state index contributed by atoms with van der Waals surface area (Å²) in [6.07, 6.45) is 0.250. The molecule has 0 aromatic heterocycles. The molecular formula is C11H11FN2O2. The Morgan fingerprint density at radius 1 is 1.44 bits per heavy atom. The molecule has 1 aromatic carbocycles. The second-order valence-corrected chi connectivity index (χ2v) is 3.66. The molecule has 0 bridgehead atoms. The minimum Gasteiger partial charge on any atom is -0.354 e. The second-order valence-electron chi connectivity index (χ2n) is 3.66. The minimum atomic E-state index is -0.558. The predicted octanol–water partition coefficient (Wildman–Crippen LogP) is 0.444. The molecule has 1 saturated heterocycles. The largest absolute Gasteiger partial charge is 0.354 e. The van der Waals surface area contributed by atoms with Crippen molar-refractivity contribution in [2.45, 2.75) is 12.5 Å². The van der Waals surface area contributed by atoms with E-state index in [1.54, 1.807) is 6.07 Å². The summed E-state index contributed by atoms with van der Waals surface area (Å²) in [6, 6.07) is 5.50. The third-order valence-corrected chi connectivity index (χ3v) is 2.43. The Morgan fingerprint density at radius 2 is 2.19 bits per heavy atom. The van der Waals surface area contributed by atoms with Crippen molar-refractivity contribution in [3.8, 4) is 0 Å². The standard InChI is InChI=1S/C11H11FN2O2/c12-9-4-2-1-3-8(9)11(16)14-7-5-10(15)13-6-7/h1-4,7H,5-6H2,(H,13,15)(H,14,16). The molecule has 0 spiro atoms. The second kappa shape index (κ2) is 4.30. The Morgan fingerprint density at radius 3 is 2.81 bits per heavy atom. The minimum absolute atomic E-state index is 0.00171. The third kappa shape index (κ3) is 2.18. The van der Waals surface area contributed by atoms with Crippen LogP contribution in [0, 0.1) is 5.82 Å². The van der Waals surface area contributed by atoms with E-state index >= 15 is 0 Å². The molecule has 1 fully saturated rings. The molecule has 0 aliphatic carbocycles. The van der Waals surface area contributed by atoms with E-state index in [0.29, 0.717) is 6.54 Å². The lowest BCUT2D eigenvalue weighted by atomic mass is 10.1. The van der Waals surface area contributed by atoms with Gasteiger partial charge in [0.1, 0.15) is 5.82 Å². The Hall–Kier alpha value is -1.91. The first kappa shape index (κ1) is 10.6. The van der Waals surface area contributed by atoms with Crippen LogP contribution in [0.5, 0.6) is 0 Å². The summed E-state index contributed by atoms with van der Waals surface area (Å²) >= 11 is 0. The lowest BCUT2D eigenvalue weighted by Gasteiger charge is -2.10. The molecule has 2 amide bonds. The quantitative estimate of drug-likeness (QED) is 0.763. The molecule has 2 rings (SSSR count). The monoisotopic (exact) mass is 222 g/mol. The van der Waals surface area contributed by atoms with E-state index in [0.717, 1.165) is 0 Å². The smallest absolute Gasteiger partial charge is 0.254 e. The zero-order valence-corrected chi connectivity index (χ0v) is 8.50. The van der Waals surface area contributed by atoms with Crippen molar-refractivity contribution in [1.82, 2.24) is 10.6 Å². The van der Waals surface area contributed by atoms with E-state index in [1.165, 1.54) is 18.2 Å². The van der Waals surface area contributed by atoms with Crippen LogP contribution in [-0.2, 0) is 4.79 Å². The van der Waals surface area contributed by atoms with Crippen LogP contribution in [0.1, 0.15) is 16.8 Å². The fraction of sp³-hybridized carbons (Fsp3) is 0.273. The molecule has 0 radical (unpaired) electrons. The van der Waals surface area contributed by atoms with Crippen molar-refractivity contribution in [2.24, 2.45) is 0 Å². The number of benzene rings is 1. The number of nitrogens with one attached hydrogen (secondary N) is 2. The maximum atomic E-state index is 13.2. The molecule has 1 aromatic rings. The maximum absolute atomic E-state index is 13.2. The fourth-order valence-electron chi connectivity index (χ4n) is 1.62. The van der Waals surface area contributed by atoms with Gasteiger partial charge >= 0.3 is 0 Å². The number of amides is 2. The van der Waals surface area contributed by atoms with Gasteiger partial charge in [0.05, 0.1) is 11.6 Å². The first-order chi connectivity index (χ1) is 7.66. The normalized spacial score (nSPS) is 19.3. The summed E-state index contributed by atoms with van der Waals surface area (Å²) in [6.45, 7) is 0.402. The number of hydrogen-bond donors (Lipinski definition) is 2. The van der Waals surface area contributed by atoms with Gasteiger partial charge in [-0.15, -0.1) is 0 Å². The topological polar surface area (TPSA) is 58.2 Å². The van der Waals surface area contributed by atoms with Gasteiger partial charge in [-0.05, 0) is 12.1 Å². The van der Waals surface area contributed by atoms with Crippen LogP contribution in [0.15, 0.2) is 24.3 Å². The molecule has 1 unspecified atom stereocenters. The number of carbonyl (C=O) groups excluding carboxylic acids is 2. The lowest BCUT2D eigenvalue weighted by Crippen LogP contribution is -2.36. The van der Waals surface area contributed by atoms with Gasteiger partial charge in [0, 0.05) is 13.0 Å². The highest BCUT2D eigenvalue weighted by Gasteiger charge is 2.24. The van der Waals surface area contributed by atoms with E-state index in [1.807, 2.05) is 0 Å². The van der Waals surface area contributed by atoms with Gasteiger partial charge in [-0.1, -0.05) is 12.1 Å². The molecular weight excluding hydrogens is 211 g/mol. The zero-order valence-electron chi connectivity index (χ0n) is 8.50. The first-order valence-electron chi connectivity index (χ1n) is 4.99. The van der Waals surface area contributed by atoms with Gasteiger partial charge in [-0.3, -0.25) is 9.59 Å². The van der Waals surface area contributed by atoms with Crippen LogP contribution in [0.3, 0.4) is 0 Å². The van der Waals surface area contributed by atoms with Crippen molar-refractivity contribution >= 4 is 11.8 Å². The summed E-state index contributed by atoms with van der Waals surface area (Å²) in [4.78, 5) is 22.5. The highest BCUT2D eigenvalue weighted by Crippen LogP contribution is 2.07. The Kier molecular flexibility index (Phi) is 2.85. The Labute approximate surface area is 91.8 Å². The molecule has 0 saturated carbocycles. The fourth-order valence-corrected chi connectivity index (χ4v) is 1.62. The summed E-state index contributed by atoms with van der Waals surface area (Å²) in [5.41, 5.74) is 0.00171. The first-order valence-corrected chi connectivity index (χ1v) is 4.99. The van der Waals surface area contributed by atoms with Crippen molar-refractivity contribution in [3.63, 3.8) is 0 Å². The molecule has 1 aliphatic heterocycles. The average Bonchev–Trinajstić information content (AvgIpc) is 2.64. The maximum Gasteiger partial charge on any atom is 0.254 e. The van der Waals surface area contributed by atoms with Crippen LogP contribution >= 0.6 is 0 Å². The summed E-state index contributed by atoms with van der Waals surface area (Å²) in [7, 11) is 0. The van der Waals surface area contributed by atoms with E-state index in [2.05, 4.69) is 10.6 Å². The van der Waals surface area contributed by atoms with Gasteiger partial charge in [-0.2, -0.15) is 0 Å². The summed E-state index contributed by atoms with van der Waals surface area (Å²) < 4.78 is 13.2. The highest BCUT2D eigenvalue weighted by atomic mass is 19.1. The van der Waals surface area contributed by atoms with Crippen molar-refractivity contribution in [1.29, 1.82) is 0 Å². The summed E-state index contributed by atoms with van der Waals surface area (Å²) in [5.74, 6) is -1.14. The molecule has 16 heavy (non-hydrogen) atoms. The van der Waals surface area contributed by atoms with Gasteiger partial charge in [0.25, 0.3) is 5.91 Å². The Bertz CT molecular complexity index is 434. The average molecular weight is 222 g/mol. The number of halogens is 1. The van der Waals surface area contributed by atoms with Crippen LogP contribution in [-0.4, -0.2) is 24.4 Å². The molecule has 5 heteroatoms. The van der Waals surface area contributed by atoms with Gasteiger partial charge in [-0.25, -0.2) is 4.39 Å². The molecule has 4 nitrogen and oxygen atoms in total. The Balaban J connectivity index is 2.03. The van der Waals surface area contributed by atoms with Crippen molar-refractivity contribution < 1.29 is 14.0 Å². The van der Waals surface area contributed by atoms with Crippen LogP contribution in [0.25, 0.3) is 0 Å². The van der Waals surface area contributed by atoms with Crippen molar-refractivity contribution in [2.75, 3.05) is 6.54 Å². The van der Waals surface area contributed by atoms with E-state index in [4.69, 9.17) is 0 Å². The van der Waals surface area contributed by atoms with E-state index in [-0.39, 0.29) is 23.9 Å². The molecule has 84 valence electrons. The molecule has 2 N–H and O–H groups in total. The third-order valence-electron chi connectivity index (χ3n) is 2.43. The molecule has 1 heterocycles. The van der Waals surface area contributed by atoms with Crippen molar-refractivity contribution in [3.05, 3.63) is 35.6 Å². The van der Waals surface area contributed by atoms with Gasteiger partial charge in [0.15, 0.2) is 0 Å². The van der Waals surface area contributed by atoms with Crippen LogP contribution in [0.4, 0.5) is 4.39 Å². The van der Waals surface area contributed by atoms with Gasteiger partial charge < -0.3 is 10.6 Å². The van der Waals surface area contributed by atoms with Crippen LogP contribution in [0.2, 0.25) is 0 Å². The zero-order chi connectivity index (χ0) is 11.5. The van der Waals surface area contributed by atoms with E-state index < -0.39 is 11.7 Å². The predicted molar refractivity (Wildman–Crippen MR) is 55.3 cm³/mol. The number of carbonyl (C=O) groups is 2. The highest BCUT2D eigenvalue weighted by molar-refractivity contribution is 5.95. The SMILES string of the molecule is O=C1CC(NC(=O)c2ccccc2F)CN1. The molecule has 1 atom stereocenters. The number of hydrogen-bond acceptors (Lipinski definition) is 2. The van der Waals surface area contributed by atoms with Crippen LogP contribution < -0.4 is 10.6 Å². The van der Waals surface area contributed by atoms with E-state index in [9.17, 15) is 14.0 Å². The van der Waals surface area contributed by atoms with Gasteiger partial charge in [0.2, 0.25) is 5.91 Å². The molecule has 1 aliphatic rings. The number of rotatable bonds is 2.